The van der Waals surface area contributed by atoms with Gasteiger partial charge in [0.1, 0.15) is 15.9 Å². The van der Waals surface area contributed by atoms with E-state index in [9.17, 15) is 18.0 Å². The van der Waals surface area contributed by atoms with Gasteiger partial charge in [-0.3, -0.25) is 0 Å². The van der Waals surface area contributed by atoms with Crippen molar-refractivity contribution in [1.29, 1.82) is 0 Å². The van der Waals surface area contributed by atoms with Gasteiger partial charge in [-0.15, -0.1) is 0 Å². The van der Waals surface area contributed by atoms with E-state index in [0.717, 1.165) is 31.3 Å². The third-order valence-corrected chi connectivity index (χ3v) is 4.37. The number of carboxylic acid groups (broad SMARTS) is 1. The van der Waals surface area contributed by atoms with E-state index in [1.807, 2.05) is 6.26 Å². The van der Waals surface area contributed by atoms with Crippen LogP contribution in [0, 0.1) is 0 Å². The minimum atomic E-state index is -3.26. The van der Waals surface area contributed by atoms with E-state index in [2.05, 4.69) is 10.6 Å². The van der Waals surface area contributed by atoms with E-state index < -0.39 is 27.9 Å². The van der Waals surface area contributed by atoms with Crippen LogP contribution in [0.2, 0.25) is 0 Å². The summed E-state index contributed by atoms with van der Waals surface area (Å²) in [4.78, 5) is 22.5. The highest BCUT2D eigenvalue weighted by Gasteiger charge is 2.21. The number of hydrogen-bond donors (Lipinski definition) is 3. The summed E-state index contributed by atoms with van der Waals surface area (Å²) in [5.74, 6) is -0.439. The van der Waals surface area contributed by atoms with Gasteiger partial charge in [0, 0.05) is 12.8 Å². The minimum absolute atomic E-state index is 0.144. The predicted octanol–water partition coefficient (Wildman–Crippen LogP) is 0.707. The monoisotopic (exact) mass is 340 g/mol. The Morgan fingerprint density at radius 2 is 1.90 bits per heavy atom. The normalized spacial score (nSPS) is 12.7. The molecule has 0 saturated heterocycles. The van der Waals surface area contributed by atoms with Crippen molar-refractivity contribution in [3.05, 3.63) is 0 Å². The van der Waals surface area contributed by atoms with Crippen LogP contribution >= 0.6 is 11.8 Å². The zero-order chi connectivity index (χ0) is 16.3. The second kappa shape index (κ2) is 10.7. The Balaban J connectivity index is 3.98. The largest absolute Gasteiger partial charge is 0.480 e. The molecule has 21 heavy (non-hydrogen) atoms. The number of hydrogen-bond acceptors (Lipinski definition) is 5. The average Bonchev–Trinajstić information content (AvgIpc) is 2.37. The maximum atomic E-state index is 11.5. The molecule has 0 aliphatic heterocycles. The van der Waals surface area contributed by atoms with Crippen LogP contribution in [0.25, 0.3) is 0 Å². The third-order valence-electron chi connectivity index (χ3n) is 2.69. The summed E-state index contributed by atoms with van der Waals surface area (Å²) < 4.78 is 22.0. The Labute approximate surface area is 130 Å². The van der Waals surface area contributed by atoms with Gasteiger partial charge in [-0.1, -0.05) is 6.42 Å². The highest BCUT2D eigenvalue weighted by Crippen LogP contribution is 2.01. The Bertz CT molecular complexity index is 425. The van der Waals surface area contributed by atoms with Crippen LogP contribution in [0.4, 0.5) is 4.79 Å². The van der Waals surface area contributed by atoms with Crippen molar-refractivity contribution >= 4 is 33.6 Å². The van der Waals surface area contributed by atoms with Crippen molar-refractivity contribution in [3.63, 3.8) is 0 Å². The summed E-state index contributed by atoms with van der Waals surface area (Å²) in [6.07, 6.45) is 5.83. The third kappa shape index (κ3) is 12.5. The molecule has 0 radical (unpaired) electrons. The summed E-state index contributed by atoms with van der Waals surface area (Å²) >= 11 is 1.77. The molecule has 0 aromatic rings. The van der Waals surface area contributed by atoms with Gasteiger partial charge in [-0.05, 0) is 31.3 Å². The Morgan fingerprint density at radius 1 is 1.24 bits per heavy atom. The molecule has 2 amide bonds. The van der Waals surface area contributed by atoms with Crippen molar-refractivity contribution in [1.82, 2.24) is 10.6 Å². The summed E-state index contributed by atoms with van der Waals surface area (Å²) in [7, 11) is -3.26. The Kier molecular flexibility index (Phi) is 10.2. The second-order valence-corrected chi connectivity index (χ2v) is 8.01. The molecule has 0 aliphatic rings. The second-order valence-electron chi connectivity index (χ2n) is 4.76. The maximum absolute atomic E-state index is 11.5. The fraction of sp³-hybridized carbons (Fsp3) is 0.833. The first-order chi connectivity index (χ1) is 9.76. The van der Waals surface area contributed by atoms with Gasteiger partial charge in [0.2, 0.25) is 0 Å². The lowest BCUT2D eigenvalue weighted by molar-refractivity contribution is -0.139. The van der Waals surface area contributed by atoms with Crippen molar-refractivity contribution in [2.75, 3.05) is 30.6 Å². The molecular formula is C12H24N2O5S2. The Hall–Kier alpha value is -0.960. The zero-order valence-corrected chi connectivity index (χ0v) is 14.1. The van der Waals surface area contributed by atoms with E-state index in [-0.39, 0.29) is 12.2 Å². The number of unbranched alkanes of at least 4 members (excludes halogenated alkanes) is 2. The van der Waals surface area contributed by atoms with Crippen molar-refractivity contribution < 1.29 is 23.1 Å². The molecule has 0 heterocycles. The molecule has 0 aromatic heterocycles. The Morgan fingerprint density at radius 3 is 2.43 bits per heavy atom. The van der Waals surface area contributed by atoms with E-state index >= 15 is 0 Å². The molecule has 1 unspecified atom stereocenters. The molecule has 0 aromatic carbocycles. The number of sulfone groups is 1. The quantitative estimate of drug-likeness (QED) is 0.477. The van der Waals surface area contributed by atoms with Gasteiger partial charge in [0.05, 0.1) is 5.75 Å². The number of carbonyl (C=O) groups excluding carboxylic acids is 1. The highest BCUT2D eigenvalue weighted by atomic mass is 32.2. The summed E-state index contributed by atoms with van der Waals surface area (Å²) in [5.41, 5.74) is 0. The fourth-order valence-corrected chi connectivity index (χ4v) is 2.71. The first kappa shape index (κ1) is 20.0. The topological polar surface area (TPSA) is 113 Å². The standard InChI is InChI=1S/C12H24N2O5S2/c1-20-8-5-3-4-7-13-12(17)14-10(11(15)16)6-9-21(2,18)19/h10H,3-9H2,1-2H3,(H,15,16)(H2,13,14,17). The van der Waals surface area contributed by atoms with Crippen LogP contribution < -0.4 is 10.6 Å². The molecule has 0 bridgehead atoms. The highest BCUT2D eigenvalue weighted by molar-refractivity contribution is 7.98. The first-order valence-corrected chi connectivity index (χ1v) is 10.2. The van der Waals surface area contributed by atoms with Gasteiger partial charge in [0.25, 0.3) is 0 Å². The molecular weight excluding hydrogens is 316 g/mol. The molecule has 124 valence electrons. The molecule has 0 fully saturated rings. The minimum Gasteiger partial charge on any atom is -0.480 e. The lowest BCUT2D eigenvalue weighted by Crippen LogP contribution is -2.46. The van der Waals surface area contributed by atoms with Gasteiger partial charge >= 0.3 is 12.0 Å². The van der Waals surface area contributed by atoms with Gasteiger partial charge in [-0.25, -0.2) is 18.0 Å². The van der Waals surface area contributed by atoms with Crippen LogP contribution in [-0.4, -0.2) is 62.1 Å². The number of amides is 2. The molecule has 0 rings (SSSR count). The molecule has 3 N–H and O–H groups in total. The zero-order valence-electron chi connectivity index (χ0n) is 12.4. The number of thioether (sulfide) groups is 1. The van der Waals surface area contributed by atoms with Crippen LogP contribution in [0.3, 0.4) is 0 Å². The number of carbonyl (C=O) groups is 2. The van der Waals surface area contributed by atoms with E-state index in [4.69, 9.17) is 5.11 Å². The molecule has 0 spiro atoms. The fourth-order valence-electron chi connectivity index (χ4n) is 1.55. The van der Waals surface area contributed by atoms with Gasteiger partial charge < -0.3 is 15.7 Å². The average molecular weight is 340 g/mol. The molecule has 1 atom stereocenters. The SMILES string of the molecule is CSCCCCCNC(=O)NC(CCS(C)(=O)=O)C(=O)O. The number of rotatable bonds is 11. The number of carboxylic acids is 1. The van der Waals surface area contributed by atoms with Crippen molar-refractivity contribution in [3.8, 4) is 0 Å². The van der Waals surface area contributed by atoms with Crippen LogP contribution in [0.1, 0.15) is 25.7 Å². The molecule has 0 saturated carbocycles. The number of aliphatic carboxylic acids is 1. The predicted molar refractivity (Wildman–Crippen MR) is 84.5 cm³/mol. The van der Waals surface area contributed by atoms with E-state index in [0.29, 0.717) is 6.54 Å². The van der Waals surface area contributed by atoms with E-state index in [1.165, 1.54) is 0 Å². The lowest BCUT2D eigenvalue weighted by Gasteiger charge is -2.14. The summed E-state index contributed by atoms with van der Waals surface area (Å²) in [6, 6.07) is -1.78. The first-order valence-electron chi connectivity index (χ1n) is 6.70. The van der Waals surface area contributed by atoms with Crippen molar-refractivity contribution in [2.45, 2.75) is 31.7 Å². The lowest BCUT2D eigenvalue weighted by atomic mass is 10.2. The summed E-state index contributed by atoms with van der Waals surface area (Å²) in [5, 5.41) is 13.8. The van der Waals surface area contributed by atoms with Crippen molar-refractivity contribution in [2.24, 2.45) is 0 Å². The number of urea groups is 1. The molecule has 0 aliphatic carbocycles. The van der Waals surface area contributed by atoms with E-state index in [1.54, 1.807) is 11.8 Å². The molecule has 9 heteroatoms. The van der Waals surface area contributed by atoms with Gasteiger partial charge in [-0.2, -0.15) is 11.8 Å². The van der Waals surface area contributed by atoms with Gasteiger partial charge in [0.15, 0.2) is 0 Å². The van der Waals surface area contributed by atoms with Crippen LogP contribution in [0.15, 0.2) is 0 Å². The smallest absolute Gasteiger partial charge is 0.326 e. The summed E-state index contributed by atoms with van der Waals surface area (Å²) in [6.45, 7) is 0.471. The van der Waals surface area contributed by atoms with Crippen LogP contribution in [0.5, 0.6) is 0 Å². The maximum Gasteiger partial charge on any atom is 0.326 e. The van der Waals surface area contributed by atoms with Crippen LogP contribution in [-0.2, 0) is 14.6 Å². The molecule has 7 nitrogen and oxygen atoms in total. The number of nitrogens with one attached hydrogen (secondary N) is 2.